The Morgan fingerprint density at radius 2 is 1.68 bits per heavy atom. The highest BCUT2D eigenvalue weighted by atomic mass is 19.4. The van der Waals surface area contributed by atoms with Crippen LogP contribution in [-0.4, -0.2) is 25.0 Å². The van der Waals surface area contributed by atoms with Crippen molar-refractivity contribution in [2.24, 2.45) is 0 Å². The van der Waals surface area contributed by atoms with Crippen molar-refractivity contribution >= 4 is 6.09 Å². The van der Waals surface area contributed by atoms with Crippen molar-refractivity contribution in [1.29, 1.82) is 0 Å². The minimum Gasteiger partial charge on any atom is -0.443 e. The quantitative estimate of drug-likeness (QED) is 0.545. The van der Waals surface area contributed by atoms with Gasteiger partial charge in [0.15, 0.2) is 0 Å². The summed E-state index contributed by atoms with van der Waals surface area (Å²) in [4.78, 5) is 11.6. The summed E-state index contributed by atoms with van der Waals surface area (Å²) >= 11 is 0. The topological polar surface area (TPSA) is 59.6 Å². The number of amides is 1. The molecule has 0 aromatic heterocycles. The molecule has 2 unspecified atom stereocenters. The summed E-state index contributed by atoms with van der Waals surface area (Å²) < 4.78 is 90.6. The van der Waals surface area contributed by atoms with Crippen molar-refractivity contribution in [3.63, 3.8) is 0 Å². The average Bonchev–Trinajstić information content (AvgIpc) is 3.15. The number of hydrogen-bond donors (Lipinski definition) is 2. The molecule has 0 saturated carbocycles. The van der Waals surface area contributed by atoms with Crippen LogP contribution in [0.25, 0.3) is 0 Å². The first-order chi connectivity index (χ1) is 15.9. The van der Waals surface area contributed by atoms with Crippen LogP contribution in [0.15, 0.2) is 48.5 Å². The number of carbonyl (C=O) groups is 1. The molecule has 0 radical (unpaired) electrons. The third-order valence-corrected chi connectivity index (χ3v) is 6.18. The molecule has 2 heterocycles. The maximum absolute atomic E-state index is 13.3. The lowest BCUT2D eigenvalue weighted by atomic mass is 9.81. The van der Waals surface area contributed by atoms with Gasteiger partial charge in [0.2, 0.25) is 0 Å². The highest BCUT2D eigenvalue weighted by molar-refractivity contribution is 5.70. The van der Waals surface area contributed by atoms with E-state index >= 15 is 0 Å². The number of nitrogens with one attached hydrogen (secondary N) is 2. The summed E-state index contributed by atoms with van der Waals surface area (Å²) in [6, 6.07) is 10.5. The first kappa shape index (κ1) is 24.3. The maximum atomic E-state index is 13.3. The molecule has 4 rings (SSSR count). The van der Waals surface area contributed by atoms with Gasteiger partial charge in [-0.2, -0.15) is 26.3 Å². The van der Waals surface area contributed by atoms with Crippen LogP contribution >= 0.6 is 0 Å². The zero-order valence-electron chi connectivity index (χ0n) is 18.0. The van der Waals surface area contributed by atoms with Crippen LogP contribution in [0, 0.1) is 0 Å². The van der Waals surface area contributed by atoms with Gasteiger partial charge >= 0.3 is 18.4 Å². The number of fused-ring (bicyclic) bond motifs is 1. The number of alkyl carbamates (subject to hydrolysis) is 1. The van der Waals surface area contributed by atoms with Crippen molar-refractivity contribution in [2.75, 3.05) is 6.61 Å². The van der Waals surface area contributed by atoms with E-state index in [-0.39, 0.29) is 24.3 Å². The number of ether oxygens (including phenoxy) is 2. The molecule has 5 nitrogen and oxygen atoms in total. The van der Waals surface area contributed by atoms with Gasteiger partial charge in [0, 0.05) is 0 Å². The molecule has 184 valence electrons. The molecule has 2 aromatic rings. The Balaban J connectivity index is 1.61. The van der Waals surface area contributed by atoms with Crippen molar-refractivity contribution in [3.05, 3.63) is 70.8 Å². The predicted molar refractivity (Wildman–Crippen MR) is 108 cm³/mol. The van der Waals surface area contributed by atoms with Crippen molar-refractivity contribution in [1.82, 2.24) is 10.6 Å². The summed E-state index contributed by atoms with van der Waals surface area (Å²) in [5.41, 5.74) is -3.06. The monoisotopic (exact) mass is 488 g/mol. The van der Waals surface area contributed by atoms with E-state index in [1.807, 2.05) is 18.2 Å². The second-order valence-electron chi connectivity index (χ2n) is 8.49. The fourth-order valence-corrected chi connectivity index (χ4v) is 4.33. The van der Waals surface area contributed by atoms with E-state index in [0.29, 0.717) is 25.0 Å². The molecule has 0 aliphatic carbocycles. The summed E-state index contributed by atoms with van der Waals surface area (Å²) in [5, 5.41) is 5.98. The van der Waals surface area contributed by atoms with Gasteiger partial charge in [-0.3, -0.25) is 5.32 Å². The molecule has 0 spiro atoms. The fourth-order valence-electron chi connectivity index (χ4n) is 4.33. The summed E-state index contributed by atoms with van der Waals surface area (Å²) in [7, 11) is 0. The van der Waals surface area contributed by atoms with Gasteiger partial charge < -0.3 is 14.8 Å². The van der Waals surface area contributed by atoms with Gasteiger partial charge in [-0.05, 0) is 49.1 Å². The molecule has 2 aliphatic heterocycles. The minimum atomic E-state index is -4.94. The molecule has 2 aromatic carbocycles. The van der Waals surface area contributed by atoms with Gasteiger partial charge in [0.05, 0.1) is 29.4 Å². The Morgan fingerprint density at radius 1 is 1.06 bits per heavy atom. The summed E-state index contributed by atoms with van der Waals surface area (Å²) in [5.74, 6) is 0. The lowest BCUT2D eigenvalue weighted by Crippen LogP contribution is -2.61. The molecular weight excluding hydrogens is 466 g/mol. The van der Waals surface area contributed by atoms with Crippen LogP contribution in [0.3, 0.4) is 0 Å². The highest BCUT2D eigenvalue weighted by Crippen LogP contribution is 2.39. The van der Waals surface area contributed by atoms with Gasteiger partial charge in [-0.25, -0.2) is 4.79 Å². The van der Waals surface area contributed by atoms with Gasteiger partial charge in [0.25, 0.3) is 0 Å². The Hall–Kier alpha value is -2.79. The molecular formula is C23H22F6N2O3. The molecule has 2 fully saturated rings. The van der Waals surface area contributed by atoms with E-state index in [1.165, 1.54) is 6.92 Å². The van der Waals surface area contributed by atoms with Crippen LogP contribution in [0.1, 0.15) is 48.1 Å². The molecule has 2 N–H and O–H groups in total. The second kappa shape index (κ2) is 8.77. The minimum absolute atomic E-state index is 0.0606. The fraction of sp³-hybridized carbons (Fsp3) is 0.435. The second-order valence-corrected chi connectivity index (χ2v) is 8.49. The van der Waals surface area contributed by atoms with Crippen molar-refractivity contribution < 1.29 is 40.6 Å². The smallest absolute Gasteiger partial charge is 0.416 e. The number of halogens is 6. The normalized spacial score (nSPS) is 25.9. The Labute approximate surface area is 191 Å². The summed E-state index contributed by atoms with van der Waals surface area (Å²) in [6.07, 6.45) is -11.5. The SMILES string of the molecule is C[C@@H](OC[C@@]1(c2ccccc2)CCC2OC(=O)NC2N1)c1cc(C(F)(F)F)cc(C(F)(F)F)c1. The van der Waals surface area contributed by atoms with E-state index in [9.17, 15) is 31.1 Å². The van der Waals surface area contributed by atoms with E-state index < -0.39 is 47.4 Å². The zero-order valence-corrected chi connectivity index (χ0v) is 18.0. The number of alkyl halides is 6. The lowest BCUT2D eigenvalue weighted by molar-refractivity contribution is -0.143. The first-order valence-electron chi connectivity index (χ1n) is 10.6. The van der Waals surface area contributed by atoms with Crippen LogP contribution in [0.4, 0.5) is 31.1 Å². The molecule has 11 heteroatoms. The predicted octanol–water partition coefficient (Wildman–Crippen LogP) is 5.52. The van der Waals surface area contributed by atoms with E-state index in [1.54, 1.807) is 12.1 Å². The van der Waals surface area contributed by atoms with E-state index in [2.05, 4.69) is 10.6 Å². The maximum Gasteiger partial charge on any atom is 0.416 e. The highest BCUT2D eigenvalue weighted by Gasteiger charge is 2.47. The lowest BCUT2D eigenvalue weighted by Gasteiger charge is -2.43. The Bertz CT molecular complexity index is 1010. The number of piperidine rings is 1. The van der Waals surface area contributed by atoms with Crippen molar-refractivity contribution in [3.8, 4) is 0 Å². The van der Waals surface area contributed by atoms with Crippen LogP contribution in [-0.2, 0) is 27.4 Å². The third-order valence-electron chi connectivity index (χ3n) is 6.18. The van der Waals surface area contributed by atoms with E-state index in [4.69, 9.17) is 9.47 Å². The molecule has 0 bridgehead atoms. The number of hydrogen-bond acceptors (Lipinski definition) is 4. The Kier molecular flexibility index (Phi) is 6.28. The van der Waals surface area contributed by atoms with Crippen molar-refractivity contribution in [2.45, 2.75) is 56.0 Å². The van der Waals surface area contributed by atoms with Gasteiger partial charge in [0.1, 0.15) is 12.3 Å². The van der Waals surface area contributed by atoms with E-state index in [0.717, 1.165) is 5.56 Å². The molecule has 2 aliphatic rings. The first-order valence-corrected chi connectivity index (χ1v) is 10.6. The standard InChI is InChI=1S/C23H22F6N2O3/c1-13(14-9-16(22(24,25)26)11-17(10-14)23(27,28)29)33-12-21(15-5-3-2-4-6-15)8-7-18-19(31-21)30-20(32)34-18/h2-6,9-11,13,18-19,31H,7-8,12H2,1H3,(H,30,32)/t13-,18?,19?,21-/m1/s1. The average molecular weight is 488 g/mol. The molecule has 34 heavy (non-hydrogen) atoms. The zero-order chi connectivity index (χ0) is 24.7. The largest absolute Gasteiger partial charge is 0.443 e. The molecule has 1 amide bonds. The van der Waals surface area contributed by atoms with Crippen LogP contribution in [0.5, 0.6) is 0 Å². The third kappa shape index (κ3) is 5.00. The number of benzene rings is 2. The van der Waals surface area contributed by atoms with Crippen LogP contribution < -0.4 is 10.6 Å². The Morgan fingerprint density at radius 3 is 2.26 bits per heavy atom. The molecule has 2 saturated heterocycles. The van der Waals surface area contributed by atoms with Crippen LogP contribution in [0.2, 0.25) is 0 Å². The number of rotatable bonds is 5. The summed E-state index contributed by atoms with van der Waals surface area (Å²) in [6.45, 7) is 1.34. The molecule has 4 atom stereocenters. The number of carbonyl (C=O) groups excluding carboxylic acids is 1. The van der Waals surface area contributed by atoms with Gasteiger partial charge in [-0.1, -0.05) is 30.3 Å². The van der Waals surface area contributed by atoms with Gasteiger partial charge in [-0.15, -0.1) is 0 Å².